The zero-order valence-corrected chi connectivity index (χ0v) is 14.5. The van der Waals surface area contributed by atoms with Crippen molar-refractivity contribution in [2.24, 2.45) is 0 Å². The summed E-state index contributed by atoms with van der Waals surface area (Å²) in [5, 5.41) is 7.17. The maximum atomic E-state index is 12.2. The Bertz CT molecular complexity index is 705. The maximum Gasteiger partial charge on any atom is 0.387 e. The van der Waals surface area contributed by atoms with Gasteiger partial charge in [0.05, 0.1) is 10.9 Å². The molecule has 2 rings (SSSR count). The molecule has 0 saturated heterocycles. The van der Waals surface area contributed by atoms with Gasteiger partial charge in [0.2, 0.25) is 5.91 Å². The number of hydrogen-bond acceptors (Lipinski definition) is 4. The van der Waals surface area contributed by atoms with Crippen LogP contribution in [0.3, 0.4) is 0 Å². The average Bonchev–Trinajstić information content (AvgIpc) is 3.09. The van der Waals surface area contributed by atoms with E-state index in [0.29, 0.717) is 4.88 Å². The molecule has 134 valence electrons. The number of nitrogens with one attached hydrogen (secondary N) is 2. The van der Waals surface area contributed by atoms with Gasteiger partial charge in [-0.05, 0) is 43.0 Å². The summed E-state index contributed by atoms with van der Waals surface area (Å²) in [5.74, 6) is -0.599. The molecule has 2 aromatic rings. The second kappa shape index (κ2) is 8.57. The Hall–Kier alpha value is -2.48. The standard InChI is InChI=1S/C17H18F2N2O3S/c1-10(12-5-7-13(8-6-12)24-17(18)19)20-15(22)11(2)21-16(23)14-4-3-9-25-14/h3-11,17H,1-2H3,(H,20,22)(H,21,23). The molecule has 8 heteroatoms. The Kier molecular flexibility index (Phi) is 6.46. The van der Waals surface area contributed by atoms with Crippen molar-refractivity contribution in [2.75, 3.05) is 0 Å². The lowest BCUT2D eigenvalue weighted by molar-refractivity contribution is -0.123. The van der Waals surface area contributed by atoms with Gasteiger partial charge < -0.3 is 15.4 Å². The van der Waals surface area contributed by atoms with E-state index in [0.717, 1.165) is 5.56 Å². The molecule has 0 fully saturated rings. The number of thiophene rings is 1. The molecule has 1 heterocycles. The van der Waals surface area contributed by atoms with Crippen LogP contribution in [0.2, 0.25) is 0 Å². The number of hydrogen-bond donors (Lipinski definition) is 2. The summed E-state index contributed by atoms with van der Waals surface area (Å²) >= 11 is 1.29. The molecule has 0 aliphatic rings. The molecule has 0 bridgehead atoms. The van der Waals surface area contributed by atoms with Gasteiger partial charge in [0.15, 0.2) is 0 Å². The van der Waals surface area contributed by atoms with E-state index >= 15 is 0 Å². The molecule has 2 atom stereocenters. The predicted molar refractivity (Wildman–Crippen MR) is 90.9 cm³/mol. The molecular weight excluding hydrogens is 350 g/mol. The molecule has 5 nitrogen and oxygen atoms in total. The number of amides is 2. The minimum absolute atomic E-state index is 0.0499. The molecule has 2 amide bonds. The summed E-state index contributed by atoms with van der Waals surface area (Å²) in [5.41, 5.74) is 0.728. The fraction of sp³-hybridized carbons (Fsp3) is 0.294. The lowest BCUT2D eigenvalue weighted by Crippen LogP contribution is -2.45. The third-order valence-corrected chi connectivity index (χ3v) is 4.32. The normalized spacial score (nSPS) is 13.2. The lowest BCUT2D eigenvalue weighted by atomic mass is 10.1. The molecule has 0 aliphatic heterocycles. The van der Waals surface area contributed by atoms with E-state index < -0.39 is 12.7 Å². The highest BCUT2D eigenvalue weighted by Crippen LogP contribution is 2.19. The third kappa shape index (κ3) is 5.53. The van der Waals surface area contributed by atoms with Crippen molar-refractivity contribution in [2.45, 2.75) is 32.5 Å². The Labute approximate surface area is 148 Å². The van der Waals surface area contributed by atoms with Crippen LogP contribution in [-0.4, -0.2) is 24.5 Å². The van der Waals surface area contributed by atoms with E-state index in [1.54, 1.807) is 43.5 Å². The predicted octanol–water partition coefficient (Wildman–Crippen LogP) is 3.35. The van der Waals surface area contributed by atoms with Crippen LogP contribution in [0.25, 0.3) is 0 Å². The summed E-state index contributed by atoms with van der Waals surface area (Å²) < 4.78 is 28.5. The minimum Gasteiger partial charge on any atom is -0.435 e. The number of rotatable bonds is 7. The fourth-order valence-electron chi connectivity index (χ4n) is 2.10. The van der Waals surface area contributed by atoms with Crippen LogP contribution >= 0.6 is 11.3 Å². The average molecular weight is 368 g/mol. The fourth-order valence-corrected chi connectivity index (χ4v) is 2.73. The maximum absolute atomic E-state index is 12.2. The molecule has 25 heavy (non-hydrogen) atoms. The second-order valence-electron chi connectivity index (χ2n) is 5.35. The highest BCUT2D eigenvalue weighted by molar-refractivity contribution is 7.12. The molecule has 0 spiro atoms. The van der Waals surface area contributed by atoms with Gasteiger partial charge in [-0.3, -0.25) is 9.59 Å². The first kappa shape index (κ1) is 18.9. The number of benzene rings is 1. The molecule has 2 unspecified atom stereocenters. The van der Waals surface area contributed by atoms with E-state index in [1.807, 2.05) is 0 Å². The van der Waals surface area contributed by atoms with Crippen LogP contribution in [0.5, 0.6) is 5.75 Å². The Balaban J connectivity index is 1.89. The van der Waals surface area contributed by atoms with Crippen LogP contribution in [0.1, 0.15) is 35.1 Å². The van der Waals surface area contributed by atoms with Gasteiger partial charge >= 0.3 is 6.61 Å². The van der Waals surface area contributed by atoms with Crippen LogP contribution in [0.15, 0.2) is 41.8 Å². The summed E-state index contributed by atoms with van der Waals surface area (Å²) in [4.78, 5) is 24.7. The van der Waals surface area contributed by atoms with Crippen molar-refractivity contribution in [3.63, 3.8) is 0 Å². The number of alkyl halides is 2. The largest absolute Gasteiger partial charge is 0.435 e. The number of halogens is 2. The van der Waals surface area contributed by atoms with Crippen molar-refractivity contribution in [3.8, 4) is 5.75 Å². The van der Waals surface area contributed by atoms with Crippen molar-refractivity contribution in [1.29, 1.82) is 0 Å². The first-order chi connectivity index (χ1) is 11.9. The molecule has 0 aliphatic carbocycles. The SMILES string of the molecule is CC(NC(=O)c1cccs1)C(=O)NC(C)c1ccc(OC(F)F)cc1. The zero-order chi connectivity index (χ0) is 18.4. The van der Waals surface area contributed by atoms with Gasteiger partial charge in [-0.1, -0.05) is 18.2 Å². The van der Waals surface area contributed by atoms with Gasteiger partial charge in [-0.25, -0.2) is 0 Å². The lowest BCUT2D eigenvalue weighted by Gasteiger charge is -2.19. The minimum atomic E-state index is -2.88. The zero-order valence-electron chi connectivity index (χ0n) is 13.7. The van der Waals surface area contributed by atoms with Crippen molar-refractivity contribution < 1.29 is 23.1 Å². The van der Waals surface area contributed by atoms with Crippen molar-refractivity contribution >= 4 is 23.2 Å². The van der Waals surface area contributed by atoms with Gasteiger partial charge in [-0.2, -0.15) is 8.78 Å². The summed E-state index contributed by atoms with van der Waals surface area (Å²) in [6, 6.07) is 8.38. The van der Waals surface area contributed by atoms with Gasteiger partial charge in [-0.15, -0.1) is 11.3 Å². The topological polar surface area (TPSA) is 67.4 Å². The summed E-state index contributed by atoms with van der Waals surface area (Å²) in [7, 11) is 0. The first-order valence-corrected chi connectivity index (χ1v) is 8.44. The van der Waals surface area contributed by atoms with Crippen molar-refractivity contribution in [3.05, 3.63) is 52.2 Å². The highest BCUT2D eigenvalue weighted by Gasteiger charge is 2.19. The van der Waals surface area contributed by atoms with Crippen molar-refractivity contribution in [1.82, 2.24) is 10.6 Å². The Morgan fingerprint density at radius 1 is 1.08 bits per heavy atom. The van der Waals surface area contributed by atoms with E-state index in [4.69, 9.17) is 0 Å². The molecular formula is C17H18F2N2O3S. The van der Waals surface area contributed by atoms with Crippen LogP contribution in [0, 0.1) is 0 Å². The van der Waals surface area contributed by atoms with Crippen LogP contribution in [0.4, 0.5) is 8.78 Å². The van der Waals surface area contributed by atoms with E-state index in [-0.39, 0.29) is 23.6 Å². The number of ether oxygens (including phenoxy) is 1. The Morgan fingerprint density at radius 2 is 1.76 bits per heavy atom. The molecule has 0 radical (unpaired) electrons. The van der Waals surface area contributed by atoms with Crippen LogP contribution < -0.4 is 15.4 Å². The van der Waals surface area contributed by atoms with E-state index in [2.05, 4.69) is 15.4 Å². The molecule has 1 aromatic heterocycles. The molecule has 0 saturated carbocycles. The highest BCUT2D eigenvalue weighted by atomic mass is 32.1. The van der Waals surface area contributed by atoms with E-state index in [1.165, 1.54) is 23.5 Å². The second-order valence-corrected chi connectivity index (χ2v) is 6.30. The Morgan fingerprint density at radius 3 is 2.32 bits per heavy atom. The monoisotopic (exact) mass is 368 g/mol. The first-order valence-electron chi connectivity index (χ1n) is 7.56. The van der Waals surface area contributed by atoms with Crippen LogP contribution in [-0.2, 0) is 4.79 Å². The van der Waals surface area contributed by atoms with Gasteiger partial charge in [0.25, 0.3) is 5.91 Å². The number of carbonyl (C=O) groups is 2. The number of carbonyl (C=O) groups excluding carboxylic acids is 2. The third-order valence-electron chi connectivity index (χ3n) is 3.45. The molecule has 1 aromatic carbocycles. The molecule has 2 N–H and O–H groups in total. The summed E-state index contributed by atoms with van der Waals surface area (Å²) in [6.07, 6.45) is 0. The van der Waals surface area contributed by atoms with E-state index in [9.17, 15) is 18.4 Å². The quantitative estimate of drug-likeness (QED) is 0.788. The van der Waals surface area contributed by atoms with Gasteiger partial charge in [0, 0.05) is 0 Å². The summed E-state index contributed by atoms with van der Waals surface area (Å²) in [6.45, 7) is 0.470. The smallest absolute Gasteiger partial charge is 0.387 e. The van der Waals surface area contributed by atoms with Gasteiger partial charge in [0.1, 0.15) is 11.8 Å².